The monoisotopic (exact) mass is 203 g/mol. The molecule has 0 amide bonds. The highest BCUT2D eigenvalue weighted by Gasteiger charge is 2.15. The molecule has 64 valence electrons. The third kappa shape index (κ3) is 2.10. The van der Waals surface area contributed by atoms with E-state index >= 15 is 0 Å². The van der Waals surface area contributed by atoms with E-state index in [0.29, 0.717) is 18.4 Å². The van der Waals surface area contributed by atoms with Crippen molar-refractivity contribution in [1.82, 2.24) is 0 Å². The zero-order valence-electron chi connectivity index (χ0n) is 6.12. The minimum absolute atomic E-state index is 0.0342. The molecule has 1 rings (SSSR count). The lowest BCUT2D eigenvalue weighted by molar-refractivity contribution is 0.615. The second-order valence-electron chi connectivity index (χ2n) is 2.36. The van der Waals surface area contributed by atoms with E-state index in [0.717, 1.165) is 0 Å². The van der Waals surface area contributed by atoms with E-state index in [4.69, 9.17) is 15.9 Å². The zero-order chi connectivity index (χ0) is 9.19. The average molecular weight is 204 g/mol. The van der Waals surface area contributed by atoms with Gasteiger partial charge in [-0.25, -0.2) is 8.42 Å². The van der Waals surface area contributed by atoms with Crippen molar-refractivity contribution >= 4 is 19.7 Å². The van der Waals surface area contributed by atoms with E-state index in [9.17, 15) is 8.42 Å². The van der Waals surface area contributed by atoms with Crippen LogP contribution < -0.4 is 0 Å². The molecule has 0 spiro atoms. The van der Waals surface area contributed by atoms with Crippen molar-refractivity contribution in [3.8, 4) is 6.07 Å². The molecule has 0 aliphatic heterocycles. The maximum Gasteiger partial charge on any atom is 0.261 e. The fourth-order valence-electron chi connectivity index (χ4n) is 0.931. The normalized spacial score (nSPS) is 17.7. The molecule has 12 heavy (non-hydrogen) atoms. The third-order valence-electron chi connectivity index (χ3n) is 1.50. The number of rotatable bonds is 1. The van der Waals surface area contributed by atoms with Crippen molar-refractivity contribution in [3.63, 3.8) is 0 Å². The van der Waals surface area contributed by atoms with Crippen LogP contribution in [0.4, 0.5) is 0 Å². The van der Waals surface area contributed by atoms with Crippen molar-refractivity contribution < 1.29 is 8.42 Å². The fourth-order valence-corrected chi connectivity index (χ4v) is 1.85. The van der Waals surface area contributed by atoms with Crippen LogP contribution in [0.15, 0.2) is 22.6 Å². The van der Waals surface area contributed by atoms with E-state index in [1.807, 2.05) is 6.07 Å². The minimum atomic E-state index is -3.66. The lowest BCUT2D eigenvalue weighted by atomic mass is 10.1. The van der Waals surface area contributed by atoms with Gasteiger partial charge in [-0.15, -0.1) is 0 Å². The largest absolute Gasteiger partial charge is 0.261 e. The van der Waals surface area contributed by atoms with Crippen LogP contribution in [0, 0.1) is 11.3 Å². The Labute approximate surface area is 75.4 Å². The van der Waals surface area contributed by atoms with E-state index in [1.165, 1.54) is 12.2 Å². The molecule has 0 saturated heterocycles. The molecular weight excluding hydrogens is 198 g/mol. The molecule has 1 aliphatic carbocycles. The molecule has 0 radical (unpaired) electrons. The molecule has 0 aromatic carbocycles. The molecular formula is C7H6ClNO2S. The number of nitrogens with zero attached hydrogens (tertiary/aromatic N) is 1. The maximum atomic E-state index is 10.8. The first-order valence-corrected chi connectivity index (χ1v) is 5.60. The van der Waals surface area contributed by atoms with Gasteiger partial charge in [0.1, 0.15) is 0 Å². The number of hydrogen-bond acceptors (Lipinski definition) is 3. The van der Waals surface area contributed by atoms with Gasteiger partial charge in [0.05, 0.1) is 11.0 Å². The van der Waals surface area contributed by atoms with Gasteiger partial charge in [0.25, 0.3) is 9.05 Å². The summed E-state index contributed by atoms with van der Waals surface area (Å²) < 4.78 is 21.6. The summed E-state index contributed by atoms with van der Waals surface area (Å²) in [5.41, 5.74) is 0.455. The Morgan fingerprint density at radius 2 is 2.25 bits per heavy atom. The van der Waals surface area contributed by atoms with E-state index < -0.39 is 9.05 Å². The smallest absolute Gasteiger partial charge is 0.207 e. The standard InChI is InChI=1S/C7H6ClNO2S/c8-12(10,11)7-3-1-2-6(4-7)5-9/h3-4H,1-2H2. The van der Waals surface area contributed by atoms with E-state index in [2.05, 4.69) is 0 Å². The summed E-state index contributed by atoms with van der Waals surface area (Å²) in [5, 5.41) is 8.49. The minimum Gasteiger partial charge on any atom is -0.207 e. The third-order valence-corrected chi connectivity index (χ3v) is 2.88. The SMILES string of the molecule is N#CC1=CC(S(=O)(=O)Cl)=CCC1. The molecule has 5 heteroatoms. The van der Waals surface area contributed by atoms with Gasteiger partial charge < -0.3 is 0 Å². The lowest BCUT2D eigenvalue weighted by Crippen LogP contribution is -1.97. The molecule has 0 bridgehead atoms. The van der Waals surface area contributed by atoms with Crippen LogP contribution in [0.2, 0.25) is 0 Å². The Balaban J connectivity index is 3.06. The van der Waals surface area contributed by atoms with Gasteiger partial charge in [0.2, 0.25) is 0 Å². The first-order chi connectivity index (χ1) is 5.54. The Morgan fingerprint density at radius 3 is 2.75 bits per heavy atom. The predicted molar refractivity (Wildman–Crippen MR) is 45.8 cm³/mol. The maximum absolute atomic E-state index is 10.8. The Morgan fingerprint density at radius 1 is 1.58 bits per heavy atom. The molecule has 0 saturated carbocycles. The summed E-state index contributed by atoms with van der Waals surface area (Å²) in [4.78, 5) is 0.0342. The Hall–Kier alpha value is -0.790. The summed E-state index contributed by atoms with van der Waals surface area (Å²) in [6.45, 7) is 0. The highest BCUT2D eigenvalue weighted by atomic mass is 35.7. The van der Waals surface area contributed by atoms with Crippen molar-refractivity contribution in [2.75, 3.05) is 0 Å². The zero-order valence-corrected chi connectivity index (χ0v) is 7.69. The first-order valence-electron chi connectivity index (χ1n) is 3.29. The van der Waals surface area contributed by atoms with Crippen LogP contribution in [-0.4, -0.2) is 8.42 Å². The van der Waals surface area contributed by atoms with E-state index in [-0.39, 0.29) is 4.91 Å². The van der Waals surface area contributed by atoms with Crippen LogP contribution in [0.3, 0.4) is 0 Å². The molecule has 0 heterocycles. The molecule has 1 aliphatic rings. The molecule has 0 N–H and O–H groups in total. The van der Waals surface area contributed by atoms with Gasteiger partial charge in [-0.05, 0) is 18.9 Å². The molecule has 0 unspecified atom stereocenters. The second-order valence-corrected chi connectivity index (χ2v) is 4.93. The molecule has 0 aromatic rings. The molecule has 0 atom stereocenters. The van der Waals surface area contributed by atoms with Crippen molar-refractivity contribution in [1.29, 1.82) is 5.26 Å². The highest BCUT2D eigenvalue weighted by molar-refractivity contribution is 8.17. The predicted octanol–water partition coefficient (Wildman–Crippen LogP) is 1.68. The fraction of sp³-hybridized carbons (Fsp3) is 0.286. The summed E-state index contributed by atoms with van der Waals surface area (Å²) in [6, 6.07) is 1.90. The topological polar surface area (TPSA) is 57.9 Å². The van der Waals surface area contributed by atoms with Gasteiger partial charge in [-0.2, -0.15) is 5.26 Å². The number of hydrogen-bond donors (Lipinski definition) is 0. The number of nitriles is 1. The van der Waals surface area contributed by atoms with Crippen LogP contribution in [-0.2, 0) is 9.05 Å². The highest BCUT2D eigenvalue weighted by Crippen LogP contribution is 2.22. The van der Waals surface area contributed by atoms with Crippen LogP contribution in [0.5, 0.6) is 0 Å². The molecule has 0 aromatic heterocycles. The molecule has 3 nitrogen and oxygen atoms in total. The number of halogens is 1. The molecule has 0 fully saturated rings. The quantitative estimate of drug-likeness (QED) is 0.610. The van der Waals surface area contributed by atoms with Crippen LogP contribution >= 0.6 is 10.7 Å². The van der Waals surface area contributed by atoms with Gasteiger partial charge in [-0.1, -0.05) is 6.08 Å². The second kappa shape index (κ2) is 3.30. The van der Waals surface area contributed by atoms with Gasteiger partial charge in [0.15, 0.2) is 0 Å². The first kappa shape index (κ1) is 9.30. The van der Waals surface area contributed by atoms with Crippen LogP contribution in [0.1, 0.15) is 12.8 Å². The Bertz CT molecular complexity index is 386. The lowest BCUT2D eigenvalue weighted by Gasteiger charge is -2.04. The van der Waals surface area contributed by atoms with Crippen LogP contribution in [0.25, 0.3) is 0 Å². The van der Waals surface area contributed by atoms with Crippen molar-refractivity contribution in [3.05, 3.63) is 22.6 Å². The summed E-state index contributed by atoms with van der Waals surface area (Å²) >= 11 is 0. The van der Waals surface area contributed by atoms with Crippen molar-refractivity contribution in [2.45, 2.75) is 12.8 Å². The van der Waals surface area contributed by atoms with Gasteiger partial charge in [0, 0.05) is 16.3 Å². The number of allylic oxidation sites excluding steroid dienone is 3. The van der Waals surface area contributed by atoms with Gasteiger partial charge >= 0.3 is 0 Å². The van der Waals surface area contributed by atoms with Gasteiger partial charge in [-0.3, -0.25) is 0 Å². The van der Waals surface area contributed by atoms with Crippen molar-refractivity contribution in [2.24, 2.45) is 0 Å². The summed E-state index contributed by atoms with van der Waals surface area (Å²) in [6.07, 6.45) is 3.97. The average Bonchev–Trinajstić information content (AvgIpc) is 2.03. The summed E-state index contributed by atoms with van der Waals surface area (Å²) in [5.74, 6) is 0. The summed E-state index contributed by atoms with van der Waals surface area (Å²) in [7, 11) is 1.42. The van der Waals surface area contributed by atoms with E-state index in [1.54, 1.807) is 0 Å². The Kier molecular flexibility index (Phi) is 2.55.